The van der Waals surface area contributed by atoms with Gasteiger partial charge in [-0.2, -0.15) is 0 Å². The third kappa shape index (κ3) is 2.92. The number of hydrogen-bond acceptors (Lipinski definition) is 8. The first-order valence-electron chi connectivity index (χ1n) is 8.14. The van der Waals surface area contributed by atoms with Crippen LogP contribution in [0.25, 0.3) is 10.9 Å². The summed E-state index contributed by atoms with van der Waals surface area (Å²) in [5, 5.41) is 32.9. The Labute approximate surface area is 157 Å². The number of nitro groups is 2. The summed E-state index contributed by atoms with van der Waals surface area (Å²) in [7, 11) is 0. The predicted octanol–water partition coefficient (Wildman–Crippen LogP) is 3.29. The molecule has 0 bridgehead atoms. The number of esters is 1. The van der Waals surface area contributed by atoms with Crippen molar-refractivity contribution in [2.45, 2.75) is 20.4 Å². The van der Waals surface area contributed by atoms with Gasteiger partial charge in [0.05, 0.1) is 45.7 Å². The molecule has 2 heterocycles. The number of nitro benzene ring substituents is 2. The number of aromatic hydroxyl groups is 1. The molecular formula is C17H15N3O8. The fourth-order valence-electron chi connectivity index (χ4n) is 3.12. The maximum Gasteiger partial charge on any atom is 0.340 e. The van der Waals surface area contributed by atoms with Gasteiger partial charge in [-0.3, -0.25) is 20.2 Å². The van der Waals surface area contributed by atoms with E-state index in [0.717, 1.165) is 6.07 Å². The largest absolute Gasteiger partial charge is 0.497 e. The van der Waals surface area contributed by atoms with Crippen LogP contribution in [0.5, 0.6) is 5.75 Å². The average molecular weight is 389 g/mol. The Morgan fingerprint density at radius 1 is 1.32 bits per heavy atom. The Hall–Kier alpha value is -3.89. The van der Waals surface area contributed by atoms with Crippen LogP contribution in [0.2, 0.25) is 0 Å². The van der Waals surface area contributed by atoms with Gasteiger partial charge in [0.1, 0.15) is 5.76 Å². The standard InChI is InChI=1S/C17H15N3O8/c1-3-27-17(22)13-9(2)18(8-10-5-4-6-28-10)11-7-12(19(23)24)16(21)15(14(11)13)20(25)26/h4-7,21H,3,8H2,1-2H3. The lowest BCUT2D eigenvalue weighted by molar-refractivity contribution is -0.394. The number of aromatic nitrogens is 1. The Bertz CT molecular complexity index is 1100. The minimum absolute atomic E-state index is 0.0237. The van der Waals surface area contributed by atoms with Gasteiger partial charge in [0.2, 0.25) is 0 Å². The zero-order valence-electron chi connectivity index (χ0n) is 14.9. The van der Waals surface area contributed by atoms with Crippen molar-refractivity contribution in [3.8, 4) is 5.75 Å². The molecule has 1 N–H and O–H groups in total. The quantitative estimate of drug-likeness (QED) is 0.383. The monoisotopic (exact) mass is 389 g/mol. The van der Waals surface area contributed by atoms with Crippen LogP contribution in [0.3, 0.4) is 0 Å². The molecule has 0 saturated carbocycles. The molecule has 0 fully saturated rings. The van der Waals surface area contributed by atoms with Crippen molar-refractivity contribution in [1.82, 2.24) is 4.57 Å². The molecule has 3 aromatic rings. The van der Waals surface area contributed by atoms with E-state index < -0.39 is 32.9 Å². The highest BCUT2D eigenvalue weighted by atomic mass is 16.6. The number of rotatable bonds is 6. The number of carbonyl (C=O) groups is 1. The van der Waals surface area contributed by atoms with E-state index in [0.29, 0.717) is 5.76 Å². The fourth-order valence-corrected chi connectivity index (χ4v) is 3.12. The van der Waals surface area contributed by atoms with Gasteiger partial charge in [0.25, 0.3) is 5.75 Å². The number of carbonyl (C=O) groups excluding carboxylic acids is 1. The number of furan rings is 1. The molecule has 2 aromatic heterocycles. The molecule has 0 aliphatic heterocycles. The topological polar surface area (TPSA) is 151 Å². The van der Waals surface area contributed by atoms with E-state index in [1.165, 1.54) is 17.8 Å². The number of phenols is 1. The van der Waals surface area contributed by atoms with Gasteiger partial charge in [-0.1, -0.05) is 0 Å². The summed E-state index contributed by atoms with van der Waals surface area (Å²) in [6.07, 6.45) is 1.43. The van der Waals surface area contributed by atoms with Crippen LogP contribution < -0.4 is 0 Å². The molecule has 146 valence electrons. The van der Waals surface area contributed by atoms with Crippen LogP contribution in [0, 0.1) is 27.2 Å². The van der Waals surface area contributed by atoms with Gasteiger partial charge in [-0.25, -0.2) is 4.79 Å². The minimum atomic E-state index is -1.12. The highest BCUT2D eigenvalue weighted by Crippen LogP contribution is 2.45. The second-order valence-electron chi connectivity index (χ2n) is 5.85. The molecule has 28 heavy (non-hydrogen) atoms. The van der Waals surface area contributed by atoms with Gasteiger partial charge in [0.15, 0.2) is 0 Å². The summed E-state index contributed by atoms with van der Waals surface area (Å²) in [5.41, 5.74) is -1.58. The molecule has 11 nitrogen and oxygen atoms in total. The van der Waals surface area contributed by atoms with Crippen molar-refractivity contribution >= 4 is 28.2 Å². The van der Waals surface area contributed by atoms with Gasteiger partial charge in [-0.05, 0) is 26.0 Å². The number of ether oxygens (including phenoxy) is 1. The van der Waals surface area contributed by atoms with Gasteiger partial charge < -0.3 is 18.8 Å². The third-order valence-electron chi connectivity index (χ3n) is 4.29. The summed E-state index contributed by atoms with van der Waals surface area (Å²) in [6, 6.07) is 4.29. The minimum Gasteiger partial charge on any atom is -0.497 e. The van der Waals surface area contributed by atoms with Gasteiger partial charge in [-0.15, -0.1) is 0 Å². The molecule has 0 amide bonds. The number of benzene rings is 1. The van der Waals surface area contributed by atoms with Crippen molar-refractivity contribution < 1.29 is 28.9 Å². The Balaban J connectivity index is 2.45. The van der Waals surface area contributed by atoms with Gasteiger partial charge in [0, 0.05) is 11.8 Å². The smallest absolute Gasteiger partial charge is 0.340 e. The molecule has 1 aromatic carbocycles. The van der Waals surface area contributed by atoms with Crippen molar-refractivity contribution in [3.05, 3.63) is 61.7 Å². The first kappa shape index (κ1) is 18.9. The van der Waals surface area contributed by atoms with Crippen molar-refractivity contribution in [1.29, 1.82) is 0 Å². The number of hydrogen-bond donors (Lipinski definition) is 1. The van der Waals surface area contributed by atoms with E-state index in [1.807, 2.05) is 0 Å². The molecule has 0 aliphatic carbocycles. The molecule has 0 unspecified atom stereocenters. The van der Waals surface area contributed by atoms with E-state index >= 15 is 0 Å². The van der Waals surface area contributed by atoms with Crippen molar-refractivity contribution in [3.63, 3.8) is 0 Å². The molecule has 0 spiro atoms. The molecule has 3 rings (SSSR count). The predicted molar refractivity (Wildman–Crippen MR) is 95.4 cm³/mol. The molecule has 11 heteroatoms. The fraction of sp³-hybridized carbons (Fsp3) is 0.235. The number of phenolic OH excluding ortho intramolecular Hbond substituents is 1. The molecule has 0 atom stereocenters. The first-order valence-corrected chi connectivity index (χ1v) is 8.14. The molecule has 0 saturated heterocycles. The van der Waals surface area contributed by atoms with Crippen LogP contribution >= 0.6 is 0 Å². The Kier molecular flexibility index (Phi) is 4.74. The summed E-state index contributed by atoms with van der Waals surface area (Å²) in [5.74, 6) is -1.49. The Morgan fingerprint density at radius 2 is 2.04 bits per heavy atom. The summed E-state index contributed by atoms with van der Waals surface area (Å²) in [4.78, 5) is 33.5. The zero-order chi connectivity index (χ0) is 20.6. The van der Waals surface area contributed by atoms with Crippen LogP contribution in [0.1, 0.15) is 28.7 Å². The maximum atomic E-state index is 12.5. The van der Waals surface area contributed by atoms with Crippen molar-refractivity contribution in [2.24, 2.45) is 0 Å². The van der Waals surface area contributed by atoms with E-state index in [9.17, 15) is 30.1 Å². The van der Waals surface area contributed by atoms with E-state index in [4.69, 9.17) is 9.15 Å². The number of nitrogens with zero attached hydrogens (tertiary/aromatic N) is 3. The lowest BCUT2D eigenvalue weighted by atomic mass is 10.1. The van der Waals surface area contributed by atoms with Crippen LogP contribution in [-0.2, 0) is 11.3 Å². The zero-order valence-corrected chi connectivity index (χ0v) is 14.9. The van der Waals surface area contributed by atoms with E-state index in [-0.39, 0.29) is 35.3 Å². The molecule has 0 radical (unpaired) electrons. The SMILES string of the molecule is CCOC(=O)c1c(C)n(Cc2ccco2)c2cc([N+](=O)[O-])c(O)c([N+](=O)[O-])c12. The Morgan fingerprint density at radius 3 is 2.57 bits per heavy atom. The highest BCUT2D eigenvalue weighted by molar-refractivity contribution is 6.11. The van der Waals surface area contributed by atoms with Crippen LogP contribution in [0.4, 0.5) is 11.4 Å². The molecule has 0 aliphatic rings. The summed E-state index contributed by atoms with van der Waals surface area (Å²) >= 11 is 0. The second-order valence-corrected chi connectivity index (χ2v) is 5.85. The lowest BCUT2D eigenvalue weighted by Crippen LogP contribution is -2.08. The maximum absolute atomic E-state index is 12.5. The van der Waals surface area contributed by atoms with E-state index in [2.05, 4.69) is 0 Å². The van der Waals surface area contributed by atoms with Crippen LogP contribution in [0.15, 0.2) is 28.9 Å². The normalized spacial score (nSPS) is 10.9. The van der Waals surface area contributed by atoms with Crippen LogP contribution in [-0.4, -0.2) is 32.1 Å². The van der Waals surface area contributed by atoms with E-state index in [1.54, 1.807) is 19.1 Å². The first-order chi connectivity index (χ1) is 13.3. The van der Waals surface area contributed by atoms with Gasteiger partial charge >= 0.3 is 17.3 Å². The summed E-state index contributed by atoms with van der Waals surface area (Å²) in [6.45, 7) is 3.19. The second kappa shape index (κ2) is 7.02. The number of fused-ring (bicyclic) bond motifs is 1. The lowest BCUT2D eigenvalue weighted by Gasteiger charge is -2.07. The average Bonchev–Trinajstić information content (AvgIpc) is 3.21. The van der Waals surface area contributed by atoms with Crippen molar-refractivity contribution in [2.75, 3.05) is 6.61 Å². The molecular weight excluding hydrogens is 374 g/mol. The highest BCUT2D eigenvalue weighted by Gasteiger charge is 2.36. The third-order valence-corrected chi connectivity index (χ3v) is 4.29. The summed E-state index contributed by atoms with van der Waals surface area (Å²) < 4.78 is 11.8.